The number of benzene rings is 1. The van der Waals surface area contributed by atoms with Gasteiger partial charge in [0, 0.05) is 43.8 Å². The number of allylic oxidation sites excluding steroid dienone is 2. The van der Waals surface area contributed by atoms with Crippen LogP contribution in [-0.2, 0) is 0 Å². The van der Waals surface area contributed by atoms with E-state index < -0.39 is 0 Å². The van der Waals surface area contributed by atoms with E-state index in [4.69, 9.17) is 10.7 Å². The summed E-state index contributed by atoms with van der Waals surface area (Å²) in [6, 6.07) is 8.84. The number of aliphatic imine (C=N–C) groups is 1. The summed E-state index contributed by atoms with van der Waals surface area (Å²) >= 11 is 4.64. The second kappa shape index (κ2) is 9.93. The highest BCUT2D eigenvalue weighted by Crippen LogP contribution is 2.29. The molecule has 6 heteroatoms. The number of hydrogen-bond donors (Lipinski definition) is 2. The third-order valence-corrected chi connectivity index (χ3v) is 5.21. The Labute approximate surface area is 167 Å². The Morgan fingerprint density at radius 3 is 2.74 bits per heavy atom. The molecular formula is C21H30ClN5. The maximum atomic E-state index is 5.65. The number of piperazine rings is 1. The first-order valence-electron chi connectivity index (χ1n) is 9.71. The molecule has 1 atom stereocenters. The van der Waals surface area contributed by atoms with E-state index in [0.29, 0.717) is 0 Å². The van der Waals surface area contributed by atoms with Crippen molar-refractivity contribution in [2.24, 2.45) is 10.7 Å². The van der Waals surface area contributed by atoms with E-state index in [1.807, 2.05) is 0 Å². The summed E-state index contributed by atoms with van der Waals surface area (Å²) in [4.78, 5) is 10.1. The molecule has 0 bridgehead atoms. The molecule has 2 heterocycles. The monoisotopic (exact) mass is 387 g/mol. The molecule has 1 saturated heterocycles. The Morgan fingerprint density at radius 1 is 1.19 bits per heavy atom. The molecule has 1 aromatic rings. The molecule has 1 aliphatic carbocycles. The normalized spacial score (nSPS) is 21.6. The molecule has 0 aromatic heterocycles. The summed E-state index contributed by atoms with van der Waals surface area (Å²) in [6.07, 6.45) is 10.0. The van der Waals surface area contributed by atoms with Crippen molar-refractivity contribution in [2.75, 3.05) is 51.0 Å². The highest BCUT2D eigenvalue weighted by molar-refractivity contribution is 6.15. The molecule has 0 amide bonds. The Hall–Kier alpha value is -1.82. The molecule has 0 spiro atoms. The first kappa shape index (κ1) is 19.9. The minimum atomic E-state index is 0.273. The predicted octanol–water partition coefficient (Wildman–Crippen LogP) is 2.89. The number of nitrogens with two attached hydrogens (primary N) is 1. The highest BCUT2D eigenvalue weighted by Gasteiger charge is 2.27. The van der Waals surface area contributed by atoms with Crippen molar-refractivity contribution in [2.45, 2.75) is 18.9 Å². The summed E-state index contributed by atoms with van der Waals surface area (Å²) in [5.74, 6) is 1.12. The van der Waals surface area contributed by atoms with Crippen LogP contribution in [0.15, 0.2) is 53.2 Å². The van der Waals surface area contributed by atoms with Crippen molar-refractivity contribution in [1.82, 2.24) is 9.80 Å². The zero-order chi connectivity index (χ0) is 19.1. The maximum Gasteiger partial charge on any atom is 0.138 e. The zero-order valence-corrected chi connectivity index (χ0v) is 16.8. The number of anilines is 1. The van der Waals surface area contributed by atoms with E-state index in [1.165, 1.54) is 17.6 Å². The standard InChI is InChI=1S/C20H27N5.CH3Cl/c21-10-5-11-24-12-14-25(15-13-24)20-16-6-1-2-7-17(16)22-18-8-3-4-9-19(18)23-20;1-2/h1-4,6-7,9,18,22H,5,8,10-15,21H2;1H3. The summed E-state index contributed by atoms with van der Waals surface area (Å²) in [5, 5.41) is 3.68. The van der Waals surface area contributed by atoms with Crippen LogP contribution in [0.25, 0.3) is 0 Å². The quantitative estimate of drug-likeness (QED) is 0.783. The van der Waals surface area contributed by atoms with Gasteiger partial charge in [-0.15, -0.1) is 11.6 Å². The highest BCUT2D eigenvalue weighted by atomic mass is 35.5. The number of nitrogens with zero attached hydrogens (tertiary/aromatic N) is 3. The second-order valence-corrected chi connectivity index (χ2v) is 6.90. The Balaban J connectivity index is 0.00000102. The van der Waals surface area contributed by atoms with Crippen molar-refractivity contribution in [3.63, 3.8) is 0 Å². The predicted molar refractivity (Wildman–Crippen MR) is 116 cm³/mol. The summed E-state index contributed by atoms with van der Waals surface area (Å²) < 4.78 is 0. The molecule has 1 unspecified atom stereocenters. The lowest BCUT2D eigenvalue weighted by atomic mass is 10.1. The van der Waals surface area contributed by atoms with E-state index >= 15 is 0 Å². The van der Waals surface area contributed by atoms with Gasteiger partial charge in [-0.2, -0.15) is 0 Å². The van der Waals surface area contributed by atoms with Gasteiger partial charge in [-0.1, -0.05) is 24.3 Å². The van der Waals surface area contributed by atoms with Crippen LogP contribution in [0.4, 0.5) is 5.69 Å². The van der Waals surface area contributed by atoms with Gasteiger partial charge in [-0.05, 0) is 44.1 Å². The van der Waals surface area contributed by atoms with Gasteiger partial charge in [0.2, 0.25) is 0 Å². The molecule has 27 heavy (non-hydrogen) atoms. The second-order valence-electron chi connectivity index (χ2n) is 6.90. The number of nitrogens with one attached hydrogen (secondary N) is 1. The fourth-order valence-electron chi connectivity index (χ4n) is 3.78. The van der Waals surface area contributed by atoms with E-state index in [-0.39, 0.29) is 6.04 Å². The van der Waals surface area contributed by atoms with Crippen LogP contribution < -0.4 is 11.1 Å². The summed E-state index contributed by atoms with van der Waals surface area (Å²) in [6.45, 7) is 6.08. The van der Waals surface area contributed by atoms with Crippen LogP contribution >= 0.6 is 11.6 Å². The van der Waals surface area contributed by atoms with Gasteiger partial charge in [0.15, 0.2) is 0 Å². The molecule has 0 saturated carbocycles. The lowest BCUT2D eigenvalue weighted by molar-refractivity contribution is 0.181. The van der Waals surface area contributed by atoms with E-state index in [1.54, 1.807) is 0 Å². The van der Waals surface area contributed by atoms with E-state index in [9.17, 15) is 0 Å². The van der Waals surface area contributed by atoms with Crippen molar-refractivity contribution in [3.8, 4) is 0 Å². The van der Waals surface area contributed by atoms with E-state index in [2.05, 4.69) is 69.2 Å². The first-order chi connectivity index (χ1) is 13.3. The molecule has 1 aromatic carbocycles. The van der Waals surface area contributed by atoms with Crippen molar-refractivity contribution >= 4 is 23.1 Å². The van der Waals surface area contributed by atoms with Crippen molar-refractivity contribution in [3.05, 3.63) is 53.8 Å². The van der Waals surface area contributed by atoms with Crippen molar-refractivity contribution in [1.29, 1.82) is 0 Å². The lowest BCUT2D eigenvalue weighted by Crippen LogP contribution is -2.49. The van der Waals surface area contributed by atoms with E-state index in [0.717, 1.165) is 63.6 Å². The van der Waals surface area contributed by atoms with Crippen LogP contribution in [0, 0.1) is 0 Å². The van der Waals surface area contributed by atoms with Crippen molar-refractivity contribution < 1.29 is 0 Å². The van der Waals surface area contributed by atoms with Crippen LogP contribution in [0.3, 0.4) is 0 Å². The Kier molecular flexibility index (Phi) is 7.33. The molecular weight excluding hydrogens is 358 g/mol. The number of amidine groups is 1. The molecule has 5 nitrogen and oxygen atoms in total. The first-order valence-corrected chi connectivity index (χ1v) is 10.5. The third-order valence-electron chi connectivity index (χ3n) is 5.21. The fourth-order valence-corrected chi connectivity index (χ4v) is 3.78. The van der Waals surface area contributed by atoms with Gasteiger partial charge in [0.1, 0.15) is 5.84 Å². The number of alkyl halides is 1. The molecule has 4 rings (SSSR count). The van der Waals surface area contributed by atoms with Gasteiger partial charge in [-0.3, -0.25) is 4.90 Å². The Morgan fingerprint density at radius 2 is 1.96 bits per heavy atom. The third kappa shape index (κ3) is 4.72. The van der Waals surface area contributed by atoms with Crippen LogP contribution in [-0.4, -0.2) is 67.3 Å². The molecule has 0 radical (unpaired) electrons. The average Bonchev–Trinajstić information content (AvgIpc) is 2.91. The number of hydrogen-bond acceptors (Lipinski definition) is 5. The van der Waals surface area contributed by atoms with Gasteiger partial charge in [-0.25, -0.2) is 4.99 Å². The van der Waals surface area contributed by atoms with Crippen LogP contribution in [0.2, 0.25) is 0 Å². The van der Waals surface area contributed by atoms with Gasteiger partial charge in [0.25, 0.3) is 0 Å². The Bertz CT molecular complexity index is 704. The van der Waals surface area contributed by atoms with Gasteiger partial charge < -0.3 is 16.0 Å². The maximum absolute atomic E-state index is 5.65. The fraction of sp³-hybridized carbons (Fsp3) is 0.476. The largest absolute Gasteiger partial charge is 0.376 e. The van der Waals surface area contributed by atoms with Crippen LogP contribution in [0.1, 0.15) is 18.4 Å². The molecule has 3 aliphatic rings. The number of para-hydroxylation sites is 1. The zero-order valence-electron chi connectivity index (χ0n) is 16.1. The molecule has 1 fully saturated rings. The average molecular weight is 388 g/mol. The summed E-state index contributed by atoms with van der Waals surface area (Å²) in [7, 11) is 0. The van der Waals surface area contributed by atoms with Crippen LogP contribution in [0.5, 0.6) is 0 Å². The minimum Gasteiger partial charge on any atom is -0.376 e. The SMILES string of the molecule is CCl.NCCCN1CCN(C2=NC3=CC=CCC3Nc3ccccc32)CC1. The molecule has 2 aliphatic heterocycles. The smallest absolute Gasteiger partial charge is 0.138 e. The van der Waals surface area contributed by atoms with Gasteiger partial charge in [0.05, 0.1) is 11.7 Å². The molecule has 3 N–H and O–H groups in total. The number of rotatable bonds is 3. The van der Waals surface area contributed by atoms with Gasteiger partial charge >= 0.3 is 0 Å². The lowest BCUT2D eigenvalue weighted by Gasteiger charge is -2.36. The number of halogens is 1. The topological polar surface area (TPSA) is 56.9 Å². The number of fused-ring (bicyclic) bond motifs is 2. The summed E-state index contributed by atoms with van der Waals surface area (Å²) in [5.41, 5.74) is 9.19. The minimum absolute atomic E-state index is 0.273. The molecule has 146 valence electrons.